The predicted molar refractivity (Wildman–Crippen MR) is 118 cm³/mol. The third-order valence-electron chi connectivity index (χ3n) is 4.09. The van der Waals surface area contributed by atoms with E-state index in [1.165, 1.54) is 16.3 Å². The van der Waals surface area contributed by atoms with Gasteiger partial charge in [0.15, 0.2) is 5.16 Å². The van der Waals surface area contributed by atoms with Gasteiger partial charge in [0.05, 0.1) is 32.4 Å². The topological polar surface area (TPSA) is 73.2 Å². The molecule has 1 amide bonds. The second-order valence-corrected chi connectivity index (χ2v) is 7.89. The lowest BCUT2D eigenvalue weighted by Gasteiger charge is -2.14. The molecule has 0 saturated carbocycles. The van der Waals surface area contributed by atoms with Crippen LogP contribution in [0.1, 0.15) is 6.42 Å². The smallest absolute Gasteiger partial charge is 0.266 e. The highest BCUT2D eigenvalue weighted by atomic mass is 35.5. The average molecular weight is 452 g/mol. The lowest BCUT2D eigenvalue weighted by Crippen LogP contribution is -2.28. The van der Waals surface area contributed by atoms with E-state index in [-0.39, 0.29) is 17.2 Å². The molecule has 0 atom stereocenters. The summed E-state index contributed by atoms with van der Waals surface area (Å²) in [6.45, 7) is 1.11. The van der Waals surface area contributed by atoms with Gasteiger partial charge < -0.3 is 10.1 Å². The van der Waals surface area contributed by atoms with Crippen LogP contribution in [0, 0.1) is 0 Å². The maximum absolute atomic E-state index is 13.2. The summed E-state index contributed by atoms with van der Waals surface area (Å²) in [4.78, 5) is 29.9. The Morgan fingerprint density at radius 2 is 2.00 bits per heavy atom. The molecule has 6 nitrogen and oxygen atoms in total. The number of benzene rings is 2. The van der Waals surface area contributed by atoms with Crippen molar-refractivity contribution in [1.82, 2.24) is 14.9 Å². The largest absolute Gasteiger partial charge is 0.385 e. The Kier molecular flexibility index (Phi) is 7.55. The fourth-order valence-corrected chi connectivity index (χ4v) is 3.82. The first-order valence-electron chi connectivity index (χ1n) is 8.87. The van der Waals surface area contributed by atoms with Crippen molar-refractivity contribution in [2.24, 2.45) is 0 Å². The van der Waals surface area contributed by atoms with E-state index >= 15 is 0 Å². The number of hydrogen-bond donors (Lipinski definition) is 1. The molecule has 2 aromatic carbocycles. The summed E-state index contributed by atoms with van der Waals surface area (Å²) in [5, 5.41) is 4.42. The zero-order valence-electron chi connectivity index (χ0n) is 15.7. The van der Waals surface area contributed by atoms with Gasteiger partial charge in [-0.1, -0.05) is 47.1 Å². The normalized spacial score (nSPS) is 11.0. The van der Waals surface area contributed by atoms with Crippen molar-refractivity contribution in [2.75, 3.05) is 26.0 Å². The van der Waals surface area contributed by atoms with Crippen molar-refractivity contribution in [2.45, 2.75) is 11.6 Å². The maximum atomic E-state index is 13.2. The van der Waals surface area contributed by atoms with Gasteiger partial charge in [-0.15, -0.1) is 0 Å². The van der Waals surface area contributed by atoms with Crippen molar-refractivity contribution in [1.29, 1.82) is 0 Å². The number of halogens is 2. The second kappa shape index (κ2) is 10.1. The SMILES string of the molecule is COCCCNC(=O)CSc1nc2ccccc2c(=O)n1-c1ccc(Cl)c(Cl)c1. The van der Waals surface area contributed by atoms with Crippen LogP contribution in [-0.2, 0) is 9.53 Å². The lowest BCUT2D eigenvalue weighted by molar-refractivity contribution is -0.118. The highest BCUT2D eigenvalue weighted by Gasteiger charge is 2.15. The number of nitrogens with one attached hydrogen (secondary N) is 1. The number of fused-ring (bicyclic) bond motifs is 1. The van der Waals surface area contributed by atoms with E-state index in [0.717, 1.165) is 6.42 Å². The number of para-hydroxylation sites is 1. The molecule has 0 saturated heterocycles. The molecular formula is C20H19Cl2N3O3S. The second-order valence-electron chi connectivity index (χ2n) is 6.14. The number of methoxy groups -OCH3 is 1. The first kappa shape index (κ1) is 21.6. The van der Waals surface area contributed by atoms with E-state index in [4.69, 9.17) is 27.9 Å². The van der Waals surface area contributed by atoms with Crippen LogP contribution in [0.25, 0.3) is 16.6 Å². The zero-order chi connectivity index (χ0) is 20.8. The first-order chi connectivity index (χ1) is 14.0. The Bertz CT molecular complexity index is 1090. The van der Waals surface area contributed by atoms with Gasteiger partial charge in [-0.2, -0.15) is 0 Å². The molecule has 0 radical (unpaired) electrons. The van der Waals surface area contributed by atoms with E-state index in [1.54, 1.807) is 43.5 Å². The molecule has 0 aliphatic heterocycles. The predicted octanol–water partition coefficient (Wildman–Crippen LogP) is 3.94. The van der Waals surface area contributed by atoms with Gasteiger partial charge in [-0.05, 0) is 36.8 Å². The van der Waals surface area contributed by atoms with Crippen molar-refractivity contribution >= 4 is 51.8 Å². The molecule has 29 heavy (non-hydrogen) atoms. The fraction of sp³-hybridized carbons (Fsp3) is 0.250. The van der Waals surface area contributed by atoms with E-state index in [9.17, 15) is 9.59 Å². The van der Waals surface area contributed by atoms with Crippen molar-refractivity contribution in [3.63, 3.8) is 0 Å². The van der Waals surface area contributed by atoms with E-state index < -0.39 is 0 Å². The molecule has 0 unspecified atom stereocenters. The number of aromatic nitrogens is 2. The zero-order valence-corrected chi connectivity index (χ0v) is 18.0. The Morgan fingerprint density at radius 1 is 1.21 bits per heavy atom. The molecule has 1 N–H and O–H groups in total. The molecule has 0 aliphatic rings. The van der Waals surface area contributed by atoms with Crippen LogP contribution in [0.2, 0.25) is 10.0 Å². The minimum atomic E-state index is -0.239. The van der Waals surface area contributed by atoms with Crippen molar-refractivity contribution < 1.29 is 9.53 Å². The lowest BCUT2D eigenvalue weighted by atomic mass is 10.2. The Labute approximate surface area is 182 Å². The highest BCUT2D eigenvalue weighted by molar-refractivity contribution is 7.99. The first-order valence-corrected chi connectivity index (χ1v) is 10.6. The van der Waals surface area contributed by atoms with Crippen LogP contribution < -0.4 is 10.9 Å². The van der Waals surface area contributed by atoms with E-state index in [2.05, 4.69) is 10.3 Å². The van der Waals surface area contributed by atoms with Gasteiger partial charge in [-0.3, -0.25) is 14.2 Å². The summed E-state index contributed by atoms with van der Waals surface area (Å²) < 4.78 is 6.42. The van der Waals surface area contributed by atoms with Gasteiger partial charge in [0, 0.05) is 20.3 Å². The molecule has 152 valence electrons. The third-order valence-corrected chi connectivity index (χ3v) is 5.76. The monoisotopic (exact) mass is 451 g/mol. The fourth-order valence-electron chi connectivity index (χ4n) is 2.69. The van der Waals surface area contributed by atoms with Gasteiger partial charge >= 0.3 is 0 Å². The number of carbonyl (C=O) groups excluding carboxylic acids is 1. The Hall–Kier alpha value is -2.06. The van der Waals surface area contributed by atoms with Gasteiger partial charge in [0.1, 0.15) is 0 Å². The van der Waals surface area contributed by atoms with Gasteiger partial charge in [-0.25, -0.2) is 4.98 Å². The number of hydrogen-bond acceptors (Lipinski definition) is 5. The number of nitrogens with zero attached hydrogens (tertiary/aromatic N) is 2. The van der Waals surface area contributed by atoms with Crippen LogP contribution in [-0.4, -0.2) is 41.5 Å². The number of amides is 1. The summed E-state index contributed by atoms with van der Waals surface area (Å²) in [6, 6.07) is 12.0. The molecular weight excluding hydrogens is 433 g/mol. The number of rotatable bonds is 8. The quantitative estimate of drug-likeness (QED) is 0.319. The molecule has 3 rings (SSSR count). The molecule has 0 spiro atoms. The van der Waals surface area contributed by atoms with E-state index in [0.29, 0.717) is 44.9 Å². The molecule has 0 bridgehead atoms. The summed E-state index contributed by atoms with van der Waals surface area (Å²) in [5.74, 6) is -0.0202. The highest BCUT2D eigenvalue weighted by Crippen LogP contribution is 2.27. The van der Waals surface area contributed by atoms with E-state index in [1.807, 2.05) is 6.07 Å². The third kappa shape index (κ3) is 5.30. The molecule has 9 heteroatoms. The molecule has 1 heterocycles. The summed E-state index contributed by atoms with van der Waals surface area (Å²) in [6.07, 6.45) is 0.731. The number of ether oxygens (including phenoxy) is 1. The van der Waals surface area contributed by atoms with Crippen LogP contribution in [0.15, 0.2) is 52.4 Å². The van der Waals surface area contributed by atoms with Crippen molar-refractivity contribution in [3.05, 3.63) is 62.9 Å². The average Bonchev–Trinajstić information content (AvgIpc) is 2.72. The minimum Gasteiger partial charge on any atom is -0.385 e. The Balaban J connectivity index is 1.93. The standard InChI is InChI=1S/C20H19Cl2N3O3S/c1-28-10-4-9-23-18(26)12-29-20-24-17-6-3-2-5-14(17)19(27)25(20)13-7-8-15(21)16(22)11-13/h2-3,5-8,11H,4,9-10,12H2,1H3,(H,23,26). The Morgan fingerprint density at radius 3 is 2.76 bits per heavy atom. The molecule has 0 fully saturated rings. The van der Waals surface area contributed by atoms with Crippen LogP contribution in [0.5, 0.6) is 0 Å². The summed E-state index contributed by atoms with van der Waals surface area (Å²) in [5.41, 5.74) is 0.861. The van der Waals surface area contributed by atoms with Crippen LogP contribution >= 0.6 is 35.0 Å². The summed E-state index contributed by atoms with van der Waals surface area (Å²) >= 11 is 13.3. The van der Waals surface area contributed by atoms with Gasteiger partial charge in [0.25, 0.3) is 5.56 Å². The maximum Gasteiger partial charge on any atom is 0.266 e. The summed E-state index contributed by atoms with van der Waals surface area (Å²) in [7, 11) is 1.62. The number of carbonyl (C=O) groups is 1. The van der Waals surface area contributed by atoms with Gasteiger partial charge in [0.2, 0.25) is 5.91 Å². The molecule has 1 aromatic heterocycles. The van der Waals surface area contributed by atoms with Crippen molar-refractivity contribution in [3.8, 4) is 5.69 Å². The molecule has 0 aliphatic carbocycles. The van der Waals surface area contributed by atoms with Crippen LogP contribution in [0.3, 0.4) is 0 Å². The minimum absolute atomic E-state index is 0.124. The van der Waals surface area contributed by atoms with Crippen LogP contribution in [0.4, 0.5) is 0 Å². The molecule has 3 aromatic rings. The number of thioether (sulfide) groups is 1.